The van der Waals surface area contributed by atoms with Crippen LogP contribution in [0.3, 0.4) is 0 Å². The molecule has 132 valence electrons. The highest BCUT2D eigenvalue weighted by molar-refractivity contribution is 5.88. The van der Waals surface area contributed by atoms with Crippen molar-refractivity contribution in [2.75, 3.05) is 32.8 Å². The molecule has 24 heavy (non-hydrogen) atoms. The Bertz CT molecular complexity index is 578. The van der Waals surface area contributed by atoms with Gasteiger partial charge in [0, 0.05) is 19.8 Å². The molecule has 0 aliphatic carbocycles. The number of benzene rings is 1. The summed E-state index contributed by atoms with van der Waals surface area (Å²) in [6.45, 7) is 5.96. The molecular formula is C19H27FN2O2. The first-order valence-corrected chi connectivity index (χ1v) is 8.87. The summed E-state index contributed by atoms with van der Waals surface area (Å²) in [7, 11) is 0. The van der Waals surface area contributed by atoms with E-state index < -0.39 is 5.41 Å². The van der Waals surface area contributed by atoms with E-state index in [-0.39, 0.29) is 17.1 Å². The minimum absolute atomic E-state index is 0.0103. The first kappa shape index (κ1) is 17.4. The average Bonchev–Trinajstić information content (AvgIpc) is 2.61. The lowest BCUT2D eigenvalue weighted by molar-refractivity contribution is -0.131. The van der Waals surface area contributed by atoms with Crippen molar-refractivity contribution in [2.24, 2.45) is 5.41 Å². The second-order valence-electron chi connectivity index (χ2n) is 7.45. The van der Waals surface area contributed by atoms with Gasteiger partial charge in [0.2, 0.25) is 5.91 Å². The van der Waals surface area contributed by atoms with Crippen molar-refractivity contribution < 1.29 is 13.9 Å². The average molecular weight is 334 g/mol. The Morgan fingerprint density at radius 3 is 2.62 bits per heavy atom. The Labute approximate surface area is 143 Å². The van der Waals surface area contributed by atoms with Crippen LogP contribution in [0.5, 0.6) is 0 Å². The molecule has 4 nitrogen and oxygen atoms in total. The van der Waals surface area contributed by atoms with Crippen molar-refractivity contribution >= 4 is 5.91 Å². The van der Waals surface area contributed by atoms with Crippen molar-refractivity contribution in [3.8, 4) is 0 Å². The van der Waals surface area contributed by atoms with E-state index in [9.17, 15) is 9.18 Å². The van der Waals surface area contributed by atoms with Crippen LogP contribution in [-0.4, -0.2) is 38.8 Å². The number of ether oxygens (including phenoxy) is 1. The van der Waals surface area contributed by atoms with Crippen LogP contribution in [0.2, 0.25) is 0 Å². The number of piperidine rings is 1. The lowest BCUT2D eigenvalue weighted by Gasteiger charge is -2.39. The zero-order chi connectivity index (χ0) is 17.0. The topological polar surface area (TPSA) is 50.4 Å². The maximum atomic E-state index is 13.7. The largest absolute Gasteiger partial charge is 0.381 e. The molecule has 0 saturated carbocycles. The van der Waals surface area contributed by atoms with Crippen LogP contribution in [0.25, 0.3) is 0 Å². The molecule has 0 radical (unpaired) electrons. The smallest absolute Gasteiger partial charge is 0.230 e. The van der Waals surface area contributed by atoms with Crippen molar-refractivity contribution in [2.45, 2.75) is 38.0 Å². The number of hydrogen-bond acceptors (Lipinski definition) is 3. The maximum absolute atomic E-state index is 13.7. The summed E-state index contributed by atoms with van der Waals surface area (Å²) < 4.78 is 19.2. The molecule has 2 heterocycles. The van der Waals surface area contributed by atoms with Gasteiger partial charge < -0.3 is 15.4 Å². The number of rotatable bonds is 4. The first-order valence-electron chi connectivity index (χ1n) is 8.87. The molecular weight excluding hydrogens is 307 g/mol. The predicted molar refractivity (Wildman–Crippen MR) is 91.4 cm³/mol. The molecule has 0 atom stereocenters. The molecule has 1 aromatic rings. The molecule has 2 N–H and O–H groups in total. The molecule has 2 aliphatic heterocycles. The normalized spacial score (nSPS) is 22.8. The highest BCUT2D eigenvalue weighted by Gasteiger charge is 2.42. The number of amides is 1. The quantitative estimate of drug-likeness (QED) is 0.889. The van der Waals surface area contributed by atoms with Crippen molar-refractivity contribution in [3.63, 3.8) is 0 Å². The SMILES string of the molecule is CC1(CNC(=O)C2(c3cccc(F)c3)CCOCC2)CCNCC1. The molecule has 2 saturated heterocycles. The zero-order valence-electron chi connectivity index (χ0n) is 14.4. The molecule has 0 bridgehead atoms. The summed E-state index contributed by atoms with van der Waals surface area (Å²) in [5, 5.41) is 6.54. The second kappa shape index (κ2) is 7.19. The van der Waals surface area contributed by atoms with E-state index in [0.717, 1.165) is 31.5 Å². The molecule has 0 unspecified atom stereocenters. The fourth-order valence-corrected chi connectivity index (χ4v) is 3.82. The molecule has 2 aliphatic rings. The van der Waals surface area contributed by atoms with Gasteiger partial charge in [0.1, 0.15) is 5.82 Å². The Hall–Kier alpha value is -1.46. The Morgan fingerprint density at radius 2 is 1.96 bits per heavy atom. The fourth-order valence-electron chi connectivity index (χ4n) is 3.82. The lowest BCUT2D eigenvalue weighted by atomic mass is 9.73. The van der Waals surface area contributed by atoms with Gasteiger partial charge in [-0.15, -0.1) is 0 Å². The van der Waals surface area contributed by atoms with Crippen LogP contribution in [0.15, 0.2) is 24.3 Å². The Kier molecular flexibility index (Phi) is 5.21. The van der Waals surface area contributed by atoms with Crippen LogP contribution >= 0.6 is 0 Å². The predicted octanol–water partition coefficient (Wildman–Crippen LogP) is 2.38. The van der Waals surface area contributed by atoms with E-state index in [1.165, 1.54) is 12.1 Å². The number of halogens is 1. The fraction of sp³-hybridized carbons (Fsp3) is 0.632. The minimum Gasteiger partial charge on any atom is -0.381 e. The van der Waals surface area contributed by atoms with Gasteiger partial charge in [-0.05, 0) is 61.9 Å². The highest BCUT2D eigenvalue weighted by atomic mass is 19.1. The molecule has 3 rings (SSSR count). The minimum atomic E-state index is -0.677. The lowest BCUT2D eigenvalue weighted by Crippen LogP contribution is -2.51. The van der Waals surface area contributed by atoms with E-state index in [2.05, 4.69) is 17.6 Å². The number of carbonyl (C=O) groups excluding carboxylic acids is 1. The van der Waals surface area contributed by atoms with E-state index in [4.69, 9.17) is 4.74 Å². The third kappa shape index (κ3) is 3.62. The standard InChI is InChI=1S/C19H27FN2O2/c1-18(5-9-21-10-6-18)14-22-17(23)19(7-11-24-12-8-19)15-3-2-4-16(20)13-15/h2-4,13,21H,5-12,14H2,1H3,(H,22,23). The third-order valence-corrected chi connectivity index (χ3v) is 5.64. The highest BCUT2D eigenvalue weighted by Crippen LogP contribution is 2.36. The van der Waals surface area contributed by atoms with Gasteiger partial charge in [0.05, 0.1) is 5.41 Å². The molecule has 5 heteroatoms. The van der Waals surface area contributed by atoms with Crippen LogP contribution in [0.1, 0.15) is 38.2 Å². The summed E-state index contributed by atoms with van der Waals surface area (Å²) in [5.74, 6) is -0.285. The van der Waals surface area contributed by atoms with E-state index in [1.807, 2.05) is 6.07 Å². The van der Waals surface area contributed by atoms with Crippen molar-refractivity contribution in [1.29, 1.82) is 0 Å². The van der Waals surface area contributed by atoms with Gasteiger partial charge in [-0.25, -0.2) is 4.39 Å². The second-order valence-corrected chi connectivity index (χ2v) is 7.45. The van der Waals surface area contributed by atoms with Crippen molar-refractivity contribution in [1.82, 2.24) is 10.6 Å². The molecule has 1 aromatic carbocycles. The van der Waals surface area contributed by atoms with Crippen LogP contribution in [-0.2, 0) is 14.9 Å². The monoisotopic (exact) mass is 334 g/mol. The zero-order valence-corrected chi connectivity index (χ0v) is 14.4. The number of carbonyl (C=O) groups is 1. The Balaban J connectivity index is 1.77. The van der Waals surface area contributed by atoms with Crippen LogP contribution < -0.4 is 10.6 Å². The number of nitrogens with one attached hydrogen (secondary N) is 2. The van der Waals surface area contributed by atoms with Gasteiger partial charge in [-0.1, -0.05) is 19.1 Å². The maximum Gasteiger partial charge on any atom is 0.230 e. The van der Waals surface area contributed by atoms with Gasteiger partial charge in [0.15, 0.2) is 0 Å². The summed E-state index contributed by atoms with van der Waals surface area (Å²) >= 11 is 0. The molecule has 2 fully saturated rings. The summed E-state index contributed by atoms with van der Waals surface area (Å²) in [4.78, 5) is 13.1. The van der Waals surface area contributed by atoms with Crippen LogP contribution in [0.4, 0.5) is 4.39 Å². The molecule has 1 amide bonds. The van der Waals surface area contributed by atoms with E-state index in [1.54, 1.807) is 6.07 Å². The number of hydrogen-bond donors (Lipinski definition) is 2. The molecule has 0 aromatic heterocycles. The van der Waals surface area contributed by atoms with Gasteiger partial charge in [-0.2, -0.15) is 0 Å². The van der Waals surface area contributed by atoms with Crippen LogP contribution in [0, 0.1) is 11.2 Å². The third-order valence-electron chi connectivity index (χ3n) is 5.64. The van der Waals surface area contributed by atoms with Gasteiger partial charge in [-0.3, -0.25) is 4.79 Å². The summed E-state index contributed by atoms with van der Waals surface area (Å²) in [6, 6.07) is 6.46. The van der Waals surface area contributed by atoms with Gasteiger partial charge in [0.25, 0.3) is 0 Å². The first-order chi connectivity index (χ1) is 11.5. The van der Waals surface area contributed by atoms with E-state index in [0.29, 0.717) is 32.6 Å². The Morgan fingerprint density at radius 1 is 1.25 bits per heavy atom. The molecule has 0 spiro atoms. The van der Waals surface area contributed by atoms with E-state index >= 15 is 0 Å². The van der Waals surface area contributed by atoms with Crippen molar-refractivity contribution in [3.05, 3.63) is 35.6 Å². The van der Waals surface area contributed by atoms with Gasteiger partial charge >= 0.3 is 0 Å². The summed E-state index contributed by atoms with van der Waals surface area (Å²) in [5.41, 5.74) is 0.220. The summed E-state index contributed by atoms with van der Waals surface area (Å²) in [6.07, 6.45) is 3.31.